The number of Topliss-reactive ketones (excluding diaryl/α,β-unsaturated/α-hetero) is 1. The smallest absolute Gasteiger partial charge is 0.284 e. The minimum absolute atomic E-state index is 0.115. The molecule has 1 atom stereocenters. The second-order valence-electron chi connectivity index (χ2n) is 4.28. The third kappa shape index (κ3) is 4.64. The molecule has 0 aliphatic heterocycles. The number of carbonyl (C=O) groups excluding carboxylic acids is 4. The Hall–Kier alpha value is -2.84. The zero-order valence-electron chi connectivity index (χ0n) is 11.3. The van der Waals surface area contributed by atoms with Gasteiger partial charge in [0.1, 0.15) is 12.4 Å². The molecule has 0 saturated heterocycles. The highest BCUT2D eigenvalue weighted by Crippen LogP contribution is 2.04. The zero-order chi connectivity index (χ0) is 16.0. The van der Waals surface area contributed by atoms with Gasteiger partial charge in [-0.3, -0.25) is 19.2 Å². The van der Waals surface area contributed by atoms with Crippen molar-refractivity contribution >= 4 is 23.5 Å². The van der Waals surface area contributed by atoms with Crippen LogP contribution < -0.4 is 16.8 Å². The fourth-order valence-corrected chi connectivity index (χ4v) is 1.53. The molecule has 112 valence electrons. The van der Waals surface area contributed by atoms with Gasteiger partial charge in [0.25, 0.3) is 11.8 Å². The molecule has 0 radical (unpaired) electrons. The van der Waals surface area contributed by atoms with Crippen molar-refractivity contribution < 1.29 is 19.2 Å². The molecule has 9 nitrogen and oxygen atoms in total. The van der Waals surface area contributed by atoms with E-state index in [-0.39, 0.29) is 18.4 Å². The molecule has 0 aromatic carbocycles. The number of amides is 3. The largest absolute Gasteiger partial charge is 0.368 e. The quantitative estimate of drug-likeness (QED) is 0.503. The van der Waals surface area contributed by atoms with Crippen LogP contribution in [0.3, 0.4) is 0 Å². The second-order valence-corrected chi connectivity index (χ2v) is 4.28. The molecule has 0 aliphatic rings. The van der Waals surface area contributed by atoms with E-state index >= 15 is 0 Å². The number of hydrogen-bond acceptors (Lipinski definition) is 6. The number of nitrogens with two attached hydrogens (primary N) is 2. The number of nitrogens with one attached hydrogen (secondary N) is 1. The Balaban J connectivity index is 2.73. The van der Waals surface area contributed by atoms with Gasteiger partial charge in [-0.15, -0.1) is 0 Å². The average Bonchev–Trinajstić information content (AvgIpc) is 2.42. The first-order valence-corrected chi connectivity index (χ1v) is 6.02. The monoisotopic (exact) mass is 293 g/mol. The van der Waals surface area contributed by atoms with Gasteiger partial charge in [0.2, 0.25) is 11.7 Å². The van der Waals surface area contributed by atoms with Crippen molar-refractivity contribution in [2.24, 2.45) is 11.5 Å². The standard InChI is InChI=1S/C12H15N5O4/c1-6-7(4-15-5-16-6)12(21)17-8(10(13)19)2-3-9(18)11(14)20/h4-5,8H,2-3H2,1H3,(H2,13,19)(H2,14,20)(H,17,21). The first-order valence-electron chi connectivity index (χ1n) is 6.02. The van der Waals surface area contributed by atoms with E-state index < -0.39 is 29.5 Å². The van der Waals surface area contributed by atoms with Crippen LogP contribution in [0.5, 0.6) is 0 Å². The summed E-state index contributed by atoms with van der Waals surface area (Å²) < 4.78 is 0. The van der Waals surface area contributed by atoms with Crippen LogP contribution in [0, 0.1) is 6.92 Å². The Kier molecular flexibility index (Phi) is 5.47. The Morgan fingerprint density at radius 3 is 2.48 bits per heavy atom. The summed E-state index contributed by atoms with van der Waals surface area (Å²) in [5.41, 5.74) is 10.6. The van der Waals surface area contributed by atoms with E-state index in [1.165, 1.54) is 12.5 Å². The van der Waals surface area contributed by atoms with Crippen LogP contribution >= 0.6 is 0 Å². The van der Waals surface area contributed by atoms with Crippen LogP contribution in [-0.4, -0.2) is 39.5 Å². The highest BCUT2D eigenvalue weighted by molar-refractivity contribution is 6.35. The van der Waals surface area contributed by atoms with Gasteiger partial charge in [0, 0.05) is 12.6 Å². The molecule has 1 heterocycles. The van der Waals surface area contributed by atoms with E-state index in [2.05, 4.69) is 15.3 Å². The van der Waals surface area contributed by atoms with Crippen LogP contribution in [0.2, 0.25) is 0 Å². The van der Waals surface area contributed by atoms with Gasteiger partial charge >= 0.3 is 0 Å². The van der Waals surface area contributed by atoms with E-state index in [0.29, 0.717) is 5.69 Å². The molecule has 1 unspecified atom stereocenters. The summed E-state index contributed by atoms with van der Waals surface area (Å²) in [6, 6.07) is -1.10. The van der Waals surface area contributed by atoms with E-state index in [0.717, 1.165) is 0 Å². The van der Waals surface area contributed by atoms with Crippen molar-refractivity contribution in [2.45, 2.75) is 25.8 Å². The summed E-state index contributed by atoms with van der Waals surface area (Å²) in [5.74, 6) is -3.36. The predicted octanol–water partition coefficient (Wildman–Crippen LogP) is -1.80. The van der Waals surface area contributed by atoms with Gasteiger partial charge in [-0.25, -0.2) is 9.97 Å². The second kappa shape index (κ2) is 7.08. The van der Waals surface area contributed by atoms with Crippen molar-refractivity contribution in [3.8, 4) is 0 Å². The molecule has 5 N–H and O–H groups in total. The first kappa shape index (κ1) is 16.2. The van der Waals surface area contributed by atoms with Crippen LogP contribution in [-0.2, 0) is 14.4 Å². The van der Waals surface area contributed by atoms with Crippen molar-refractivity contribution in [2.75, 3.05) is 0 Å². The summed E-state index contributed by atoms with van der Waals surface area (Å²) in [6.07, 6.45) is 2.18. The van der Waals surface area contributed by atoms with Crippen molar-refractivity contribution in [1.82, 2.24) is 15.3 Å². The highest BCUT2D eigenvalue weighted by atomic mass is 16.2. The molecule has 1 rings (SSSR count). The molecule has 0 fully saturated rings. The number of aromatic nitrogens is 2. The van der Waals surface area contributed by atoms with E-state index in [9.17, 15) is 19.2 Å². The maximum atomic E-state index is 12.0. The average molecular weight is 293 g/mol. The van der Waals surface area contributed by atoms with Crippen molar-refractivity contribution in [3.63, 3.8) is 0 Å². The fourth-order valence-electron chi connectivity index (χ4n) is 1.53. The van der Waals surface area contributed by atoms with Crippen LogP contribution in [0.25, 0.3) is 0 Å². The molecular formula is C12H15N5O4. The van der Waals surface area contributed by atoms with E-state index in [4.69, 9.17) is 11.5 Å². The Morgan fingerprint density at radius 2 is 1.95 bits per heavy atom. The summed E-state index contributed by atoms with van der Waals surface area (Å²) in [6.45, 7) is 1.60. The predicted molar refractivity (Wildman–Crippen MR) is 70.7 cm³/mol. The van der Waals surface area contributed by atoms with Crippen molar-refractivity contribution in [3.05, 3.63) is 23.8 Å². The summed E-state index contributed by atoms with van der Waals surface area (Å²) in [5, 5.41) is 2.37. The Labute approximate surface area is 120 Å². The van der Waals surface area contributed by atoms with Gasteiger partial charge in [0.05, 0.1) is 11.3 Å². The minimum Gasteiger partial charge on any atom is -0.368 e. The normalized spacial score (nSPS) is 11.5. The number of hydrogen-bond donors (Lipinski definition) is 3. The summed E-state index contributed by atoms with van der Waals surface area (Å²) >= 11 is 0. The van der Waals surface area contributed by atoms with Gasteiger partial charge in [0.15, 0.2) is 0 Å². The molecule has 9 heteroatoms. The van der Waals surface area contributed by atoms with Crippen LogP contribution in [0.1, 0.15) is 28.9 Å². The molecule has 0 saturated carbocycles. The lowest BCUT2D eigenvalue weighted by Crippen LogP contribution is -2.45. The van der Waals surface area contributed by atoms with Gasteiger partial charge in [-0.1, -0.05) is 0 Å². The van der Waals surface area contributed by atoms with Crippen LogP contribution in [0.15, 0.2) is 12.5 Å². The lowest BCUT2D eigenvalue weighted by Gasteiger charge is -2.15. The minimum atomic E-state index is -1.10. The maximum Gasteiger partial charge on any atom is 0.284 e. The lowest BCUT2D eigenvalue weighted by molar-refractivity contribution is -0.136. The summed E-state index contributed by atoms with van der Waals surface area (Å²) in [7, 11) is 0. The molecule has 0 spiro atoms. The third-order valence-electron chi connectivity index (χ3n) is 2.74. The van der Waals surface area contributed by atoms with Gasteiger partial charge < -0.3 is 16.8 Å². The molecule has 0 bridgehead atoms. The maximum absolute atomic E-state index is 12.0. The first-order chi connectivity index (χ1) is 9.82. The Bertz CT molecular complexity index is 587. The number of carbonyl (C=O) groups is 4. The fraction of sp³-hybridized carbons (Fsp3) is 0.333. The Morgan fingerprint density at radius 1 is 1.29 bits per heavy atom. The van der Waals surface area contributed by atoms with Gasteiger partial charge in [-0.05, 0) is 13.3 Å². The molecule has 1 aromatic heterocycles. The number of nitrogens with zero attached hydrogens (tertiary/aromatic N) is 2. The number of primary amides is 2. The van der Waals surface area contributed by atoms with Crippen LogP contribution in [0.4, 0.5) is 0 Å². The van der Waals surface area contributed by atoms with E-state index in [1.54, 1.807) is 6.92 Å². The number of aryl methyl sites for hydroxylation is 1. The van der Waals surface area contributed by atoms with E-state index in [1.807, 2.05) is 0 Å². The molecule has 0 aliphatic carbocycles. The van der Waals surface area contributed by atoms with Crippen molar-refractivity contribution in [1.29, 1.82) is 0 Å². The summed E-state index contributed by atoms with van der Waals surface area (Å²) in [4.78, 5) is 52.6. The molecular weight excluding hydrogens is 278 g/mol. The molecule has 21 heavy (non-hydrogen) atoms. The number of ketones is 1. The molecule has 1 aromatic rings. The third-order valence-corrected chi connectivity index (χ3v) is 2.74. The number of rotatable bonds is 7. The lowest BCUT2D eigenvalue weighted by atomic mass is 10.1. The zero-order valence-corrected chi connectivity index (χ0v) is 11.3. The molecule has 3 amide bonds. The SMILES string of the molecule is Cc1ncncc1C(=O)NC(CCC(=O)C(N)=O)C(N)=O. The van der Waals surface area contributed by atoms with Gasteiger partial charge in [-0.2, -0.15) is 0 Å². The highest BCUT2D eigenvalue weighted by Gasteiger charge is 2.22. The topological polar surface area (TPSA) is 158 Å².